The lowest BCUT2D eigenvalue weighted by Gasteiger charge is -2.18. The van der Waals surface area contributed by atoms with E-state index in [1.807, 2.05) is 6.08 Å². The van der Waals surface area contributed by atoms with Crippen molar-refractivity contribution in [2.45, 2.75) is 335 Å². The van der Waals surface area contributed by atoms with Crippen LogP contribution in [0.1, 0.15) is 329 Å². The number of carbonyl (C=O) groups excluding carboxylic acids is 3. The first-order valence-corrected chi connectivity index (χ1v) is 34.4. The van der Waals surface area contributed by atoms with Crippen molar-refractivity contribution in [2.24, 2.45) is 0 Å². The van der Waals surface area contributed by atoms with Gasteiger partial charge < -0.3 is 14.2 Å². The molecule has 0 radical (unpaired) electrons. The molecule has 0 aliphatic rings. The van der Waals surface area contributed by atoms with Gasteiger partial charge in [0.05, 0.1) is 6.42 Å². The summed E-state index contributed by atoms with van der Waals surface area (Å²) in [6.45, 7) is 6.42. The van der Waals surface area contributed by atoms with E-state index in [-0.39, 0.29) is 31.6 Å². The molecule has 0 spiro atoms. The summed E-state index contributed by atoms with van der Waals surface area (Å²) in [6, 6.07) is 0. The maximum absolute atomic E-state index is 12.9. The molecule has 0 saturated heterocycles. The summed E-state index contributed by atoms with van der Waals surface area (Å²) in [6.07, 6.45) is 94.3. The highest BCUT2D eigenvalue weighted by Gasteiger charge is 2.19. The Balaban J connectivity index is 4.28. The predicted molar refractivity (Wildman–Crippen MR) is 353 cm³/mol. The van der Waals surface area contributed by atoms with Gasteiger partial charge in [0.25, 0.3) is 0 Å². The molecule has 0 aliphatic carbocycles. The van der Waals surface area contributed by atoms with Crippen LogP contribution in [0.25, 0.3) is 0 Å². The Hall–Kier alpha value is -3.93. The van der Waals surface area contributed by atoms with E-state index in [4.69, 9.17) is 14.2 Å². The zero-order chi connectivity index (χ0) is 58.5. The third-order valence-electron chi connectivity index (χ3n) is 14.8. The Bertz CT molecular complexity index is 1620. The SMILES string of the molecule is CC/C=C\C/C=C\C/C=C\C/C=C\C/C=C\CC(=O)OCC(COC(=O)CCCCCCCCCCCCCCCCCCCCC/C=C\C/C=C\CCCCCCC)OC(=O)CCCCCCCCC/C=C\C/C=C\CCCCC. The minimum atomic E-state index is -0.824. The monoisotopic (exact) mass is 1120 g/mol. The molecule has 0 fully saturated rings. The number of unbranched alkanes of at least 4 members (excludes halogenated alkanes) is 34. The van der Waals surface area contributed by atoms with E-state index in [2.05, 4.69) is 118 Å². The van der Waals surface area contributed by atoms with E-state index in [0.717, 1.165) is 89.9 Å². The minimum absolute atomic E-state index is 0.110. The van der Waals surface area contributed by atoms with Crippen molar-refractivity contribution in [3.8, 4) is 0 Å². The van der Waals surface area contributed by atoms with Gasteiger partial charge in [-0.2, -0.15) is 0 Å². The van der Waals surface area contributed by atoms with Crippen molar-refractivity contribution in [1.82, 2.24) is 0 Å². The lowest BCUT2D eigenvalue weighted by atomic mass is 10.0. The van der Waals surface area contributed by atoms with Crippen LogP contribution in [0.15, 0.2) is 109 Å². The average molecular weight is 1130 g/mol. The number of rotatable bonds is 62. The third-order valence-corrected chi connectivity index (χ3v) is 14.8. The number of carbonyl (C=O) groups is 3. The zero-order valence-electron chi connectivity index (χ0n) is 53.3. The summed E-state index contributed by atoms with van der Waals surface area (Å²) >= 11 is 0. The highest BCUT2D eigenvalue weighted by atomic mass is 16.6. The van der Waals surface area contributed by atoms with Crippen LogP contribution in [0.5, 0.6) is 0 Å². The van der Waals surface area contributed by atoms with Gasteiger partial charge in [0.2, 0.25) is 0 Å². The van der Waals surface area contributed by atoms with Gasteiger partial charge in [0, 0.05) is 12.8 Å². The summed E-state index contributed by atoms with van der Waals surface area (Å²) in [4.78, 5) is 38.3. The Labute approximate surface area is 501 Å². The van der Waals surface area contributed by atoms with Crippen LogP contribution in [0.2, 0.25) is 0 Å². The van der Waals surface area contributed by atoms with E-state index >= 15 is 0 Å². The third kappa shape index (κ3) is 66.8. The topological polar surface area (TPSA) is 78.9 Å². The molecule has 0 aliphatic heterocycles. The number of hydrogen-bond acceptors (Lipinski definition) is 6. The summed E-state index contributed by atoms with van der Waals surface area (Å²) in [5.41, 5.74) is 0. The van der Waals surface area contributed by atoms with Crippen LogP contribution >= 0.6 is 0 Å². The molecule has 0 aromatic carbocycles. The molecular weight excluding hydrogens is 997 g/mol. The van der Waals surface area contributed by atoms with Crippen LogP contribution in [0.3, 0.4) is 0 Å². The standard InChI is InChI=1S/C75H128O6/c1-4-7-10-13-16-19-22-25-28-30-31-32-33-34-35-36-37-38-39-40-41-42-43-45-47-50-53-56-59-62-65-68-74(77)80-71-72(70-79-73(76)67-64-61-58-55-52-49-46-27-24-21-18-15-12-9-6-3)81-75(78)69-66-63-60-57-54-51-48-44-29-26-23-20-17-14-11-8-5-2/h9,12,17-18,20-22,25-27,29-31,46,52,55,61,64,72H,4-8,10-11,13-16,19,23-24,28,32-45,47-51,53-54,56-60,62-63,65-71H2,1-3H3/b12-9-,20-17-,21-18-,25-22-,29-26-,31-30-,46-27-,55-52-,64-61-. The Kier molecular flexibility index (Phi) is 65.2. The van der Waals surface area contributed by atoms with Gasteiger partial charge >= 0.3 is 17.9 Å². The van der Waals surface area contributed by atoms with Crippen LogP contribution < -0.4 is 0 Å². The van der Waals surface area contributed by atoms with E-state index < -0.39 is 12.1 Å². The summed E-state index contributed by atoms with van der Waals surface area (Å²) in [5, 5.41) is 0. The molecule has 0 aromatic rings. The zero-order valence-corrected chi connectivity index (χ0v) is 53.3. The number of ether oxygens (including phenoxy) is 3. The van der Waals surface area contributed by atoms with Crippen LogP contribution in [0.4, 0.5) is 0 Å². The molecule has 464 valence electrons. The fourth-order valence-corrected chi connectivity index (χ4v) is 9.64. The fourth-order valence-electron chi connectivity index (χ4n) is 9.64. The molecule has 0 bridgehead atoms. The van der Waals surface area contributed by atoms with E-state index in [1.54, 1.807) is 6.08 Å². The Morgan fingerprint density at radius 2 is 0.531 bits per heavy atom. The normalized spacial score (nSPS) is 12.8. The van der Waals surface area contributed by atoms with Gasteiger partial charge in [0.1, 0.15) is 13.2 Å². The summed E-state index contributed by atoms with van der Waals surface area (Å²) in [5.74, 6) is -1.04. The van der Waals surface area contributed by atoms with Gasteiger partial charge in [-0.1, -0.05) is 310 Å². The van der Waals surface area contributed by atoms with Crippen molar-refractivity contribution in [1.29, 1.82) is 0 Å². The van der Waals surface area contributed by atoms with Crippen LogP contribution in [-0.4, -0.2) is 37.2 Å². The lowest BCUT2D eigenvalue weighted by molar-refractivity contribution is -0.166. The molecular formula is C75H128O6. The van der Waals surface area contributed by atoms with Crippen LogP contribution in [-0.2, 0) is 28.6 Å². The molecule has 0 N–H and O–H groups in total. The van der Waals surface area contributed by atoms with Crippen molar-refractivity contribution < 1.29 is 28.6 Å². The summed E-state index contributed by atoms with van der Waals surface area (Å²) in [7, 11) is 0. The molecule has 0 heterocycles. The highest BCUT2D eigenvalue weighted by molar-refractivity contribution is 5.72. The quantitative estimate of drug-likeness (QED) is 0.0261. The molecule has 0 amide bonds. The van der Waals surface area contributed by atoms with Crippen LogP contribution in [0, 0.1) is 0 Å². The smallest absolute Gasteiger partial charge is 0.309 e. The van der Waals surface area contributed by atoms with E-state index in [0.29, 0.717) is 12.8 Å². The van der Waals surface area contributed by atoms with Crippen molar-refractivity contribution >= 4 is 17.9 Å². The lowest BCUT2D eigenvalue weighted by Crippen LogP contribution is -2.30. The second-order valence-electron chi connectivity index (χ2n) is 22.7. The molecule has 0 aromatic heterocycles. The average Bonchev–Trinajstić information content (AvgIpc) is 3.47. The largest absolute Gasteiger partial charge is 0.462 e. The first-order chi connectivity index (χ1) is 40.0. The van der Waals surface area contributed by atoms with E-state index in [1.165, 1.54) is 199 Å². The highest BCUT2D eigenvalue weighted by Crippen LogP contribution is 2.17. The van der Waals surface area contributed by atoms with Crippen molar-refractivity contribution in [2.75, 3.05) is 13.2 Å². The summed E-state index contributed by atoms with van der Waals surface area (Å²) < 4.78 is 16.8. The van der Waals surface area contributed by atoms with Gasteiger partial charge in [-0.3, -0.25) is 14.4 Å². The molecule has 6 nitrogen and oxygen atoms in total. The molecule has 6 heteroatoms. The second-order valence-corrected chi connectivity index (χ2v) is 22.7. The first-order valence-electron chi connectivity index (χ1n) is 34.4. The minimum Gasteiger partial charge on any atom is -0.462 e. The molecule has 0 saturated carbocycles. The van der Waals surface area contributed by atoms with Crippen molar-refractivity contribution in [3.05, 3.63) is 109 Å². The molecule has 0 rings (SSSR count). The molecule has 1 atom stereocenters. The molecule has 81 heavy (non-hydrogen) atoms. The first kappa shape index (κ1) is 77.1. The van der Waals surface area contributed by atoms with Crippen molar-refractivity contribution in [3.63, 3.8) is 0 Å². The number of hydrogen-bond donors (Lipinski definition) is 0. The van der Waals surface area contributed by atoms with E-state index in [9.17, 15) is 14.4 Å². The molecule has 1 unspecified atom stereocenters. The number of allylic oxidation sites excluding steroid dienone is 17. The van der Waals surface area contributed by atoms with Gasteiger partial charge in [-0.05, 0) is 109 Å². The Morgan fingerprint density at radius 3 is 0.889 bits per heavy atom. The predicted octanol–water partition coefficient (Wildman–Crippen LogP) is 23.8. The maximum Gasteiger partial charge on any atom is 0.309 e. The fraction of sp³-hybridized carbons (Fsp3) is 0.720. The maximum atomic E-state index is 12.9. The second kappa shape index (κ2) is 68.6. The number of esters is 3. The Morgan fingerprint density at radius 1 is 0.272 bits per heavy atom. The van der Waals surface area contributed by atoms with Gasteiger partial charge in [0.15, 0.2) is 6.10 Å². The van der Waals surface area contributed by atoms with Gasteiger partial charge in [-0.25, -0.2) is 0 Å². The van der Waals surface area contributed by atoms with Gasteiger partial charge in [-0.15, -0.1) is 0 Å².